The van der Waals surface area contributed by atoms with Crippen LogP contribution in [0.15, 0.2) is 46.9 Å². The fraction of sp³-hybridized carbons (Fsp3) is 0.188. The van der Waals surface area contributed by atoms with Gasteiger partial charge >= 0.3 is 0 Å². The second kappa shape index (κ2) is 5.77. The number of nitrogens with two attached hydrogens (primary N) is 1. The number of amides is 1. The zero-order chi connectivity index (χ0) is 14.8. The number of halogens is 1. The average Bonchev–Trinajstić information content (AvgIpc) is 2.81. The molecule has 1 aliphatic heterocycles. The van der Waals surface area contributed by atoms with Gasteiger partial charge in [-0.1, -0.05) is 28.1 Å². The molecule has 0 saturated carbocycles. The highest BCUT2D eigenvalue weighted by atomic mass is 79.9. The fourth-order valence-corrected chi connectivity index (χ4v) is 2.97. The minimum atomic E-state index is -0.0247. The van der Waals surface area contributed by atoms with Crippen LogP contribution in [0, 0.1) is 0 Å². The molecular weight excluding hydrogens is 330 g/mol. The largest absolute Gasteiger partial charge is 0.399 e. The zero-order valence-electron chi connectivity index (χ0n) is 11.5. The molecule has 1 amide bonds. The van der Waals surface area contributed by atoms with E-state index in [2.05, 4.69) is 26.1 Å². The fourth-order valence-electron chi connectivity index (χ4n) is 2.57. The first-order valence-corrected chi connectivity index (χ1v) is 7.60. The third-order valence-corrected chi connectivity index (χ3v) is 4.04. The third-order valence-electron chi connectivity index (χ3n) is 3.54. The van der Waals surface area contributed by atoms with Gasteiger partial charge in [-0.25, -0.2) is 0 Å². The van der Waals surface area contributed by atoms with Crippen molar-refractivity contribution < 1.29 is 4.79 Å². The van der Waals surface area contributed by atoms with Crippen molar-refractivity contribution in [3.8, 4) is 0 Å². The van der Waals surface area contributed by atoms with E-state index in [4.69, 9.17) is 5.73 Å². The van der Waals surface area contributed by atoms with E-state index in [9.17, 15) is 4.79 Å². The molecule has 108 valence electrons. The first-order valence-electron chi connectivity index (χ1n) is 6.80. The van der Waals surface area contributed by atoms with E-state index in [-0.39, 0.29) is 5.91 Å². The number of carbonyl (C=O) groups excluding carboxylic acids is 1. The lowest BCUT2D eigenvalue weighted by molar-refractivity contribution is -0.115. The van der Waals surface area contributed by atoms with Gasteiger partial charge in [0.2, 0.25) is 5.91 Å². The monoisotopic (exact) mass is 345 g/mol. The highest BCUT2D eigenvalue weighted by molar-refractivity contribution is 9.10. The summed E-state index contributed by atoms with van der Waals surface area (Å²) in [6.45, 7) is 1.19. The molecule has 0 aliphatic carbocycles. The van der Waals surface area contributed by atoms with Crippen molar-refractivity contribution in [1.82, 2.24) is 0 Å². The van der Waals surface area contributed by atoms with Crippen molar-refractivity contribution in [1.29, 1.82) is 0 Å². The molecule has 2 aromatic carbocycles. The van der Waals surface area contributed by atoms with Gasteiger partial charge in [0.05, 0.1) is 6.54 Å². The lowest BCUT2D eigenvalue weighted by Gasteiger charge is -2.19. The van der Waals surface area contributed by atoms with Gasteiger partial charge in [-0.15, -0.1) is 0 Å². The molecule has 0 spiro atoms. The normalized spacial score (nSPS) is 13.1. The van der Waals surface area contributed by atoms with E-state index in [1.54, 1.807) is 0 Å². The van der Waals surface area contributed by atoms with E-state index < -0.39 is 0 Å². The molecular formula is C16H16BrN3O. The first-order chi connectivity index (χ1) is 10.1. The second-order valence-electron chi connectivity index (χ2n) is 5.12. The molecule has 3 N–H and O–H groups in total. The van der Waals surface area contributed by atoms with Crippen molar-refractivity contribution in [3.05, 3.63) is 52.5 Å². The molecule has 0 unspecified atom stereocenters. The van der Waals surface area contributed by atoms with E-state index in [0.717, 1.165) is 34.5 Å². The van der Waals surface area contributed by atoms with Crippen LogP contribution in [-0.2, 0) is 11.2 Å². The Morgan fingerprint density at radius 1 is 1.29 bits per heavy atom. The quantitative estimate of drug-likeness (QED) is 0.840. The van der Waals surface area contributed by atoms with Gasteiger partial charge in [0, 0.05) is 28.1 Å². The summed E-state index contributed by atoms with van der Waals surface area (Å²) in [4.78, 5) is 14.2. The van der Waals surface area contributed by atoms with Gasteiger partial charge in [0.25, 0.3) is 0 Å². The summed E-state index contributed by atoms with van der Waals surface area (Å²) in [6.07, 6.45) is 0.958. The number of fused-ring (bicyclic) bond motifs is 1. The molecule has 0 bridgehead atoms. The second-order valence-corrected chi connectivity index (χ2v) is 6.03. The van der Waals surface area contributed by atoms with Crippen LogP contribution >= 0.6 is 15.9 Å². The zero-order valence-corrected chi connectivity index (χ0v) is 13.1. The molecule has 4 nitrogen and oxygen atoms in total. The van der Waals surface area contributed by atoms with E-state index >= 15 is 0 Å². The van der Waals surface area contributed by atoms with Crippen LogP contribution < -0.4 is 16.0 Å². The van der Waals surface area contributed by atoms with Gasteiger partial charge in [-0.2, -0.15) is 0 Å². The van der Waals surface area contributed by atoms with Crippen molar-refractivity contribution >= 4 is 38.9 Å². The molecule has 0 atom stereocenters. The molecule has 1 heterocycles. The standard InChI is InChI=1S/C16H16BrN3O/c17-12-2-1-3-14(8-12)19-16(21)10-20-7-6-11-4-5-13(18)9-15(11)20/h1-5,8-9H,6-7,10,18H2,(H,19,21). The molecule has 0 saturated heterocycles. The van der Waals surface area contributed by atoms with Crippen molar-refractivity contribution in [3.63, 3.8) is 0 Å². The number of hydrogen-bond acceptors (Lipinski definition) is 3. The van der Waals surface area contributed by atoms with Gasteiger partial charge < -0.3 is 16.0 Å². The molecule has 2 aromatic rings. The smallest absolute Gasteiger partial charge is 0.243 e. The number of carbonyl (C=O) groups is 1. The van der Waals surface area contributed by atoms with Crippen molar-refractivity contribution in [2.45, 2.75) is 6.42 Å². The minimum Gasteiger partial charge on any atom is -0.399 e. The number of nitrogens with zero attached hydrogens (tertiary/aromatic N) is 1. The van der Waals surface area contributed by atoms with Gasteiger partial charge in [0.15, 0.2) is 0 Å². The van der Waals surface area contributed by atoms with Crippen LogP contribution in [0.2, 0.25) is 0 Å². The van der Waals surface area contributed by atoms with Gasteiger partial charge in [-0.3, -0.25) is 4.79 Å². The Bertz CT molecular complexity index is 687. The predicted molar refractivity (Wildman–Crippen MR) is 89.5 cm³/mol. The van der Waals surface area contributed by atoms with Crippen LogP contribution in [0.3, 0.4) is 0 Å². The Morgan fingerprint density at radius 3 is 2.95 bits per heavy atom. The average molecular weight is 346 g/mol. The van der Waals surface area contributed by atoms with Crippen LogP contribution in [-0.4, -0.2) is 19.0 Å². The summed E-state index contributed by atoms with van der Waals surface area (Å²) in [5.74, 6) is -0.0247. The maximum atomic E-state index is 12.2. The molecule has 5 heteroatoms. The molecule has 21 heavy (non-hydrogen) atoms. The Labute approximate surface area is 132 Å². The van der Waals surface area contributed by atoms with E-state index in [0.29, 0.717) is 6.54 Å². The summed E-state index contributed by atoms with van der Waals surface area (Å²) < 4.78 is 0.944. The van der Waals surface area contributed by atoms with E-state index in [1.807, 2.05) is 42.5 Å². The minimum absolute atomic E-state index is 0.0247. The lowest BCUT2D eigenvalue weighted by atomic mass is 10.1. The number of anilines is 3. The molecule has 1 aliphatic rings. The summed E-state index contributed by atoms with van der Waals surface area (Å²) in [7, 11) is 0. The summed E-state index contributed by atoms with van der Waals surface area (Å²) in [5.41, 5.74) is 9.67. The third kappa shape index (κ3) is 3.19. The highest BCUT2D eigenvalue weighted by Gasteiger charge is 2.21. The van der Waals surface area contributed by atoms with Crippen LogP contribution in [0.1, 0.15) is 5.56 Å². The Kier molecular flexibility index (Phi) is 3.84. The van der Waals surface area contributed by atoms with Crippen LogP contribution in [0.25, 0.3) is 0 Å². The SMILES string of the molecule is Nc1ccc2c(c1)N(CC(=O)Nc1cccc(Br)c1)CC2. The van der Waals surface area contributed by atoms with Crippen molar-refractivity contribution in [2.24, 2.45) is 0 Å². The lowest BCUT2D eigenvalue weighted by Crippen LogP contribution is -2.31. The highest BCUT2D eigenvalue weighted by Crippen LogP contribution is 2.29. The number of benzene rings is 2. The topological polar surface area (TPSA) is 58.4 Å². The maximum absolute atomic E-state index is 12.2. The molecule has 0 radical (unpaired) electrons. The number of nitrogen functional groups attached to an aromatic ring is 1. The van der Waals surface area contributed by atoms with Gasteiger partial charge in [0.1, 0.15) is 0 Å². The summed E-state index contributed by atoms with van der Waals surface area (Å²) in [6, 6.07) is 13.5. The molecule has 0 aromatic heterocycles. The Morgan fingerprint density at radius 2 is 2.14 bits per heavy atom. The summed E-state index contributed by atoms with van der Waals surface area (Å²) in [5, 5.41) is 2.91. The van der Waals surface area contributed by atoms with Crippen molar-refractivity contribution in [2.75, 3.05) is 29.0 Å². The molecule has 0 fully saturated rings. The number of hydrogen-bond donors (Lipinski definition) is 2. The summed E-state index contributed by atoms with van der Waals surface area (Å²) >= 11 is 3.39. The predicted octanol–water partition coefficient (Wildman–Crippen LogP) is 3.03. The number of rotatable bonds is 3. The molecule has 3 rings (SSSR count). The Balaban J connectivity index is 1.68. The Hall–Kier alpha value is -2.01. The number of nitrogens with one attached hydrogen (secondary N) is 1. The van der Waals surface area contributed by atoms with Crippen LogP contribution in [0.4, 0.5) is 17.1 Å². The van der Waals surface area contributed by atoms with Gasteiger partial charge in [-0.05, 0) is 42.3 Å². The first kappa shape index (κ1) is 13.9. The maximum Gasteiger partial charge on any atom is 0.243 e. The van der Waals surface area contributed by atoms with E-state index in [1.165, 1.54) is 5.56 Å². The van der Waals surface area contributed by atoms with Crippen LogP contribution in [0.5, 0.6) is 0 Å².